The lowest BCUT2D eigenvalue weighted by Crippen LogP contribution is -2.53. The molecule has 0 spiro atoms. The number of fused-ring (bicyclic) bond motifs is 1. The van der Waals surface area contributed by atoms with Crippen LogP contribution in [0.2, 0.25) is 0 Å². The summed E-state index contributed by atoms with van der Waals surface area (Å²) < 4.78 is 5.44. The first-order chi connectivity index (χ1) is 16.2. The lowest BCUT2D eigenvalue weighted by molar-refractivity contribution is -0.120. The number of nitrogens with one attached hydrogen (secondary N) is 1. The number of pyridine rings is 1. The molecule has 9 heteroatoms. The van der Waals surface area contributed by atoms with Crippen molar-refractivity contribution in [3.8, 4) is 0 Å². The highest BCUT2D eigenvalue weighted by Crippen LogP contribution is 2.23. The molecule has 0 aliphatic carbocycles. The Morgan fingerprint density at radius 2 is 1.88 bits per heavy atom. The number of ether oxygens (including phenoxy) is 1. The zero-order chi connectivity index (χ0) is 22.6. The minimum absolute atomic E-state index is 0.158. The van der Waals surface area contributed by atoms with Crippen molar-refractivity contribution >= 4 is 28.6 Å². The maximum absolute atomic E-state index is 13.3. The number of aromatic nitrogens is 1. The second kappa shape index (κ2) is 9.94. The summed E-state index contributed by atoms with van der Waals surface area (Å²) in [7, 11) is 0. The standard InChI is InChI=1S/C24H30N6O3/c31-18-7-10-29(11-8-18)12-9-25-22-21(20-6-5-17-3-1-2-4-19(17)26-20)23(32)28-24(27-22)30-13-15-33-16-14-30/h1-6,18,21,31H,7-16H2,(H,25,27,28,32). The van der Waals surface area contributed by atoms with Gasteiger partial charge in [0.25, 0.3) is 0 Å². The number of amidine groups is 1. The molecule has 1 amide bonds. The highest BCUT2D eigenvalue weighted by molar-refractivity contribution is 6.20. The van der Waals surface area contributed by atoms with Crippen LogP contribution in [0, 0.1) is 0 Å². The van der Waals surface area contributed by atoms with E-state index in [1.54, 1.807) is 0 Å². The molecule has 2 N–H and O–H groups in total. The van der Waals surface area contributed by atoms with E-state index >= 15 is 0 Å². The van der Waals surface area contributed by atoms with Crippen LogP contribution in [-0.2, 0) is 9.53 Å². The number of aliphatic hydroxyl groups is 1. The molecule has 3 aliphatic rings. The molecule has 2 aromatic rings. The number of para-hydroxylation sites is 1. The molecule has 5 rings (SSSR count). The topological polar surface area (TPSA) is 103 Å². The van der Waals surface area contributed by atoms with Crippen molar-refractivity contribution in [2.75, 3.05) is 52.5 Å². The van der Waals surface area contributed by atoms with E-state index in [0.717, 1.165) is 43.4 Å². The van der Waals surface area contributed by atoms with Gasteiger partial charge in [0.15, 0.2) is 0 Å². The number of hydrogen-bond acceptors (Lipinski definition) is 7. The van der Waals surface area contributed by atoms with Gasteiger partial charge in [-0.3, -0.25) is 20.1 Å². The molecule has 4 heterocycles. The van der Waals surface area contributed by atoms with Crippen molar-refractivity contribution in [2.45, 2.75) is 24.9 Å². The lowest BCUT2D eigenvalue weighted by Gasteiger charge is -2.33. The smallest absolute Gasteiger partial charge is 0.243 e. The zero-order valence-corrected chi connectivity index (χ0v) is 18.7. The second-order valence-electron chi connectivity index (χ2n) is 8.70. The minimum atomic E-state index is -0.650. The maximum atomic E-state index is 13.3. The SMILES string of the molecule is O=C1NC(N2CCOCC2)=NC(=NCCN2CCC(O)CC2)C1c1ccc2ccccc2n1. The van der Waals surface area contributed by atoms with Crippen molar-refractivity contribution in [3.63, 3.8) is 0 Å². The van der Waals surface area contributed by atoms with E-state index in [2.05, 4.69) is 10.2 Å². The summed E-state index contributed by atoms with van der Waals surface area (Å²) in [6.07, 6.45) is 1.39. The van der Waals surface area contributed by atoms with Crippen LogP contribution in [0.15, 0.2) is 46.4 Å². The Labute approximate surface area is 193 Å². The van der Waals surface area contributed by atoms with E-state index in [-0.39, 0.29) is 12.0 Å². The molecule has 1 aromatic heterocycles. The Morgan fingerprint density at radius 1 is 1.09 bits per heavy atom. The van der Waals surface area contributed by atoms with Gasteiger partial charge in [-0.1, -0.05) is 24.3 Å². The molecule has 0 radical (unpaired) electrons. The number of hydrogen-bond donors (Lipinski definition) is 2. The van der Waals surface area contributed by atoms with Gasteiger partial charge in [-0.05, 0) is 25.0 Å². The molecule has 1 atom stereocenters. The number of nitrogens with zero attached hydrogens (tertiary/aromatic N) is 5. The number of amides is 1. The van der Waals surface area contributed by atoms with Crippen LogP contribution in [0.5, 0.6) is 0 Å². The molecular weight excluding hydrogens is 420 g/mol. The van der Waals surface area contributed by atoms with Crippen LogP contribution in [0.4, 0.5) is 0 Å². The molecule has 3 aliphatic heterocycles. The summed E-state index contributed by atoms with van der Waals surface area (Å²) in [5.74, 6) is 0.233. The average molecular weight is 451 g/mol. The minimum Gasteiger partial charge on any atom is -0.393 e. The van der Waals surface area contributed by atoms with Crippen molar-refractivity contribution in [2.24, 2.45) is 9.98 Å². The van der Waals surface area contributed by atoms with Gasteiger partial charge in [0.1, 0.15) is 11.8 Å². The highest BCUT2D eigenvalue weighted by Gasteiger charge is 2.35. The first-order valence-electron chi connectivity index (χ1n) is 11.7. The van der Waals surface area contributed by atoms with E-state index in [4.69, 9.17) is 19.7 Å². The van der Waals surface area contributed by atoms with E-state index in [9.17, 15) is 9.90 Å². The predicted octanol–water partition coefficient (Wildman–Crippen LogP) is 0.992. The molecule has 2 saturated heterocycles. The summed E-state index contributed by atoms with van der Waals surface area (Å²) >= 11 is 0. The molecule has 0 bridgehead atoms. The molecule has 9 nitrogen and oxygen atoms in total. The number of benzene rings is 1. The van der Waals surface area contributed by atoms with Gasteiger partial charge in [-0.15, -0.1) is 0 Å². The number of aliphatic imine (C=N–C) groups is 2. The van der Waals surface area contributed by atoms with Crippen LogP contribution in [0.1, 0.15) is 24.5 Å². The predicted molar refractivity (Wildman–Crippen MR) is 126 cm³/mol. The monoisotopic (exact) mass is 450 g/mol. The fraction of sp³-hybridized carbons (Fsp3) is 0.500. The summed E-state index contributed by atoms with van der Waals surface area (Å²) in [4.78, 5) is 32.0. The quantitative estimate of drug-likeness (QED) is 0.720. The largest absolute Gasteiger partial charge is 0.393 e. The number of guanidine groups is 1. The summed E-state index contributed by atoms with van der Waals surface area (Å²) in [5.41, 5.74) is 1.49. The van der Waals surface area contributed by atoms with E-state index in [1.807, 2.05) is 41.3 Å². The summed E-state index contributed by atoms with van der Waals surface area (Å²) in [5, 5.41) is 13.7. The maximum Gasteiger partial charge on any atom is 0.243 e. The van der Waals surface area contributed by atoms with Gasteiger partial charge in [0.05, 0.1) is 37.1 Å². The molecule has 0 saturated carbocycles. The number of carbonyl (C=O) groups excluding carboxylic acids is 1. The number of piperidine rings is 1. The van der Waals surface area contributed by atoms with Crippen LogP contribution < -0.4 is 5.32 Å². The third-order valence-electron chi connectivity index (χ3n) is 6.45. The molecule has 1 aromatic carbocycles. The number of likely N-dealkylation sites (tertiary alicyclic amines) is 1. The molecule has 1 unspecified atom stereocenters. The van der Waals surface area contributed by atoms with Gasteiger partial charge in [-0.25, -0.2) is 0 Å². The van der Waals surface area contributed by atoms with Crippen LogP contribution in [0.25, 0.3) is 10.9 Å². The molecule has 2 fully saturated rings. The fourth-order valence-electron chi connectivity index (χ4n) is 4.51. The zero-order valence-electron chi connectivity index (χ0n) is 18.7. The summed E-state index contributed by atoms with van der Waals surface area (Å²) in [6, 6.07) is 11.8. The van der Waals surface area contributed by atoms with E-state index in [1.165, 1.54) is 0 Å². The number of carbonyl (C=O) groups is 1. The van der Waals surface area contributed by atoms with Crippen LogP contribution in [-0.4, -0.2) is 96.2 Å². The van der Waals surface area contributed by atoms with Gasteiger partial charge in [-0.2, -0.15) is 4.99 Å². The second-order valence-corrected chi connectivity index (χ2v) is 8.70. The van der Waals surface area contributed by atoms with Crippen molar-refractivity contribution in [3.05, 3.63) is 42.1 Å². The van der Waals surface area contributed by atoms with Crippen molar-refractivity contribution < 1.29 is 14.6 Å². The highest BCUT2D eigenvalue weighted by atomic mass is 16.5. The fourth-order valence-corrected chi connectivity index (χ4v) is 4.51. The molecular formula is C24H30N6O3. The average Bonchev–Trinajstić information content (AvgIpc) is 2.85. The lowest BCUT2D eigenvalue weighted by atomic mass is 10.00. The van der Waals surface area contributed by atoms with Gasteiger partial charge in [0.2, 0.25) is 11.9 Å². The van der Waals surface area contributed by atoms with Crippen molar-refractivity contribution in [1.82, 2.24) is 20.1 Å². The van der Waals surface area contributed by atoms with Crippen LogP contribution in [0.3, 0.4) is 0 Å². The Hall–Kier alpha value is -2.88. The van der Waals surface area contributed by atoms with Gasteiger partial charge < -0.3 is 19.6 Å². The van der Waals surface area contributed by atoms with E-state index < -0.39 is 5.92 Å². The third-order valence-corrected chi connectivity index (χ3v) is 6.45. The van der Waals surface area contributed by atoms with Crippen LogP contribution >= 0.6 is 0 Å². The number of rotatable bonds is 4. The Balaban J connectivity index is 1.42. The molecule has 174 valence electrons. The van der Waals surface area contributed by atoms with Gasteiger partial charge >= 0.3 is 0 Å². The Bertz CT molecular complexity index is 1060. The number of aliphatic hydroxyl groups excluding tert-OH is 1. The normalized spacial score (nSPS) is 24.2. The first kappa shape index (κ1) is 21.9. The summed E-state index contributed by atoms with van der Waals surface area (Å²) in [6.45, 7) is 5.63. The Morgan fingerprint density at radius 3 is 2.70 bits per heavy atom. The first-order valence-corrected chi connectivity index (χ1v) is 11.7. The van der Waals surface area contributed by atoms with E-state index in [0.29, 0.717) is 50.3 Å². The number of morpholine rings is 1. The van der Waals surface area contributed by atoms with Crippen molar-refractivity contribution in [1.29, 1.82) is 0 Å². The Kier molecular flexibility index (Phi) is 6.61. The van der Waals surface area contributed by atoms with Gasteiger partial charge in [0, 0.05) is 38.1 Å². The molecule has 33 heavy (non-hydrogen) atoms. The third kappa shape index (κ3) is 5.05.